The van der Waals surface area contributed by atoms with Gasteiger partial charge in [-0.2, -0.15) is 0 Å². The molecule has 0 bridgehead atoms. The van der Waals surface area contributed by atoms with E-state index in [1.165, 1.54) is 11.5 Å². The molecule has 1 aliphatic rings. The molecule has 7 heteroatoms. The summed E-state index contributed by atoms with van der Waals surface area (Å²) in [5.74, 6) is 0.0446. The summed E-state index contributed by atoms with van der Waals surface area (Å²) in [5, 5.41) is 4.10. The van der Waals surface area contributed by atoms with Gasteiger partial charge in [0.05, 0.1) is 18.4 Å². The summed E-state index contributed by atoms with van der Waals surface area (Å²) in [7, 11) is 0. The Balaban J connectivity index is 1.58. The zero-order valence-electron chi connectivity index (χ0n) is 13.9. The highest BCUT2D eigenvalue weighted by molar-refractivity contribution is 7.08. The summed E-state index contributed by atoms with van der Waals surface area (Å²) in [6.07, 6.45) is 7.33. The van der Waals surface area contributed by atoms with Crippen LogP contribution in [0.3, 0.4) is 0 Å². The number of amides is 1. The van der Waals surface area contributed by atoms with Crippen molar-refractivity contribution in [2.75, 3.05) is 13.1 Å². The van der Waals surface area contributed by atoms with E-state index in [2.05, 4.69) is 21.5 Å². The molecule has 2 aromatic heterocycles. The van der Waals surface area contributed by atoms with E-state index in [1.807, 2.05) is 23.2 Å². The number of pyridine rings is 1. The van der Waals surface area contributed by atoms with Crippen LogP contribution >= 0.6 is 11.5 Å². The van der Waals surface area contributed by atoms with E-state index in [0.717, 1.165) is 43.5 Å². The summed E-state index contributed by atoms with van der Waals surface area (Å²) in [5.41, 5.74) is 1.88. The van der Waals surface area contributed by atoms with Crippen LogP contribution in [0.2, 0.25) is 0 Å². The van der Waals surface area contributed by atoms with E-state index in [9.17, 15) is 4.79 Å². The lowest BCUT2D eigenvalue weighted by atomic mass is 10.1. The lowest BCUT2D eigenvalue weighted by Gasteiger charge is -2.32. The molecule has 0 spiro atoms. The van der Waals surface area contributed by atoms with Crippen LogP contribution < -0.4 is 0 Å². The van der Waals surface area contributed by atoms with Gasteiger partial charge in [0.15, 0.2) is 0 Å². The predicted molar refractivity (Wildman–Crippen MR) is 91.9 cm³/mol. The van der Waals surface area contributed by atoms with Crippen molar-refractivity contribution in [3.05, 3.63) is 40.7 Å². The van der Waals surface area contributed by atoms with Crippen molar-refractivity contribution in [3.8, 4) is 0 Å². The highest BCUT2D eigenvalue weighted by Gasteiger charge is 2.27. The summed E-state index contributed by atoms with van der Waals surface area (Å²) < 4.78 is 9.94. The van der Waals surface area contributed by atoms with Gasteiger partial charge in [-0.3, -0.25) is 9.78 Å². The number of likely N-dealkylation sites (tertiary alicyclic amines) is 1. The molecule has 2 aromatic rings. The van der Waals surface area contributed by atoms with Gasteiger partial charge in [0.1, 0.15) is 4.88 Å². The normalized spacial score (nSPS) is 17.9. The Labute approximate surface area is 146 Å². The van der Waals surface area contributed by atoms with Gasteiger partial charge in [0.2, 0.25) is 0 Å². The molecule has 0 saturated carbocycles. The van der Waals surface area contributed by atoms with Gasteiger partial charge in [0, 0.05) is 25.5 Å². The Bertz CT molecular complexity index is 662. The van der Waals surface area contributed by atoms with Crippen LogP contribution in [0.15, 0.2) is 24.5 Å². The molecule has 1 aliphatic heterocycles. The monoisotopic (exact) mass is 346 g/mol. The second-order valence-electron chi connectivity index (χ2n) is 5.99. The summed E-state index contributed by atoms with van der Waals surface area (Å²) >= 11 is 1.20. The molecule has 6 nitrogen and oxygen atoms in total. The molecule has 24 heavy (non-hydrogen) atoms. The number of rotatable bonds is 6. The minimum Gasteiger partial charge on any atom is -0.372 e. The number of carbonyl (C=O) groups excluding carboxylic acids is 1. The summed E-state index contributed by atoms with van der Waals surface area (Å²) in [6.45, 7) is 4.01. The number of aromatic nitrogens is 3. The van der Waals surface area contributed by atoms with Crippen molar-refractivity contribution in [2.24, 2.45) is 0 Å². The molecule has 1 amide bonds. The fourth-order valence-electron chi connectivity index (χ4n) is 2.87. The molecule has 1 saturated heterocycles. The number of carbonyl (C=O) groups is 1. The molecule has 0 radical (unpaired) electrons. The number of ether oxygens (including phenoxy) is 1. The van der Waals surface area contributed by atoms with Gasteiger partial charge in [-0.15, -0.1) is 5.10 Å². The van der Waals surface area contributed by atoms with Crippen LogP contribution in [-0.2, 0) is 17.8 Å². The van der Waals surface area contributed by atoms with E-state index < -0.39 is 0 Å². The minimum atomic E-state index is 0.0446. The molecule has 0 aliphatic carbocycles. The topological polar surface area (TPSA) is 68.2 Å². The van der Waals surface area contributed by atoms with Crippen LogP contribution in [0.4, 0.5) is 0 Å². The van der Waals surface area contributed by atoms with Gasteiger partial charge in [-0.25, -0.2) is 0 Å². The number of hydrogen-bond acceptors (Lipinski definition) is 6. The van der Waals surface area contributed by atoms with E-state index >= 15 is 0 Å². The van der Waals surface area contributed by atoms with E-state index in [0.29, 0.717) is 18.0 Å². The molecule has 1 atom stereocenters. The molecular formula is C17H22N4O2S. The second kappa shape index (κ2) is 8.30. The number of piperidine rings is 1. The molecular weight excluding hydrogens is 324 g/mol. The first-order valence-electron chi connectivity index (χ1n) is 8.39. The van der Waals surface area contributed by atoms with Crippen molar-refractivity contribution in [1.82, 2.24) is 19.5 Å². The Morgan fingerprint density at radius 3 is 3.21 bits per heavy atom. The van der Waals surface area contributed by atoms with Gasteiger partial charge < -0.3 is 9.64 Å². The van der Waals surface area contributed by atoms with Crippen molar-refractivity contribution >= 4 is 17.4 Å². The maximum Gasteiger partial charge on any atom is 0.267 e. The quantitative estimate of drug-likeness (QED) is 0.804. The molecule has 0 aromatic carbocycles. The Morgan fingerprint density at radius 2 is 2.42 bits per heavy atom. The largest absolute Gasteiger partial charge is 0.372 e. The van der Waals surface area contributed by atoms with Crippen LogP contribution in [0.5, 0.6) is 0 Å². The van der Waals surface area contributed by atoms with Gasteiger partial charge >= 0.3 is 0 Å². The summed E-state index contributed by atoms with van der Waals surface area (Å²) in [6, 6.07) is 3.90. The van der Waals surface area contributed by atoms with Crippen molar-refractivity contribution in [3.63, 3.8) is 0 Å². The highest BCUT2D eigenvalue weighted by atomic mass is 32.1. The van der Waals surface area contributed by atoms with Crippen molar-refractivity contribution in [1.29, 1.82) is 0 Å². The molecule has 1 fully saturated rings. The van der Waals surface area contributed by atoms with Gasteiger partial charge in [-0.1, -0.05) is 23.9 Å². The van der Waals surface area contributed by atoms with Crippen LogP contribution in [-0.4, -0.2) is 44.6 Å². The lowest BCUT2D eigenvalue weighted by Crippen LogP contribution is -2.43. The zero-order chi connectivity index (χ0) is 16.8. The third kappa shape index (κ3) is 4.15. The smallest absolute Gasteiger partial charge is 0.267 e. The molecule has 3 rings (SSSR count). The molecule has 0 N–H and O–H groups in total. The average Bonchev–Trinajstić information content (AvgIpc) is 3.09. The first kappa shape index (κ1) is 17.0. The van der Waals surface area contributed by atoms with Crippen molar-refractivity contribution in [2.45, 2.75) is 45.3 Å². The van der Waals surface area contributed by atoms with Crippen LogP contribution in [0, 0.1) is 0 Å². The van der Waals surface area contributed by atoms with E-state index in [-0.39, 0.29) is 12.0 Å². The standard InChI is InChI=1S/C17H22N4O2S/c1-2-5-15-16(24-20-19-15)17(22)21-9-4-7-14(11-21)23-12-13-6-3-8-18-10-13/h3,6,8,10,14H,2,4-5,7,9,11-12H2,1H3. The fourth-order valence-corrected chi connectivity index (χ4v) is 3.55. The summed E-state index contributed by atoms with van der Waals surface area (Å²) in [4.78, 5) is 19.4. The molecule has 1 unspecified atom stereocenters. The Morgan fingerprint density at radius 1 is 1.50 bits per heavy atom. The number of aryl methyl sites for hydroxylation is 1. The Hall–Kier alpha value is -1.86. The SMILES string of the molecule is CCCc1nnsc1C(=O)N1CCCC(OCc2cccnc2)C1. The second-order valence-corrected chi connectivity index (χ2v) is 6.74. The fraction of sp³-hybridized carbons (Fsp3) is 0.529. The number of nitrogens with zero attached hydrogens (tertiary/aromatic N) is 4. The predicted octanol–water partition coefficient (Wildman–Crippen LogP) is 2.71. The minimum absolute atomic E-state index is 0.0446. The molecule has 3 heterocycles. The van der Waals surface area contributed by atoms with Crippen LogP contribution in [0.1, 0.15) is 47.1 Å². The molecule has 128 valence electrons. The zero-order valence-corrected chi connectivity index (χ0v) is 14.7. The third-order valence-corrected chi connectivity index (χ3v) is 4.87. The maximum atomic E-state index is 12.8. The highest BCUT2D eigenvalue weighted by Crippen LogP contribution is 2.20. The Kier molecular flexibility index (Phi) is 5.87. The maximum absolute atomic E-state index is 12.8. The van der Waals surface area contributed by atoms with Crippen molar-refractivity contribution < 1.29 is 9.53 Å². The average molecular weight is 346 g/mol. The van der Waals surface area contributed by atoms with Crippen LogP contribution in [0.25, 0.3) is 0 Å². The number of hydrogen-bond donors (Lipinski definition) is 0. The first-order valence-corrected chi connectivity index (χ1v) is 9.16. The van der Waals surface area contributed by atoms with Gasteiger partial charge in [-0.05, 0) is 42.4 Å². The van der Waals surface area contributed by atoms with Gasteiger partial charge in [0.25, 0.3) is 5.91 Å². The lowest BCUT2D eigenvalue weighted by molar-refractivity contribution is -0.00671. The van der Waals surface area contributed by atoms with E-state index in [4.69, 9.17) is 4.74 Å². The van der Waals surface area contributed by atoms with E-state index in [1.54, 1.807) is 6.20 Å². The first-order chi connectivity index (χ1) is 11.8. The third-order valence-electron chi connectivity index (χ3n) is 4.11.